The van der Waals surface area contributed by atoms with E-state index in [1.165, 1.54) is 16.3 Å². The minimum Gasteiger partial charge on any atom is -0.396 e. The first-order valence-corrected chi connectivity index (χ1v) is 5.59. The summed E-state index contributed by atoms with van der Waals surface area (Å²) >= 11 is 0. The number of nitrogens with zero attached hydrogens (tertiary/aromatic N) is 1. The highest BCUT2D eigenvalue weighted by molar-refractivity contribution is 5.86. The highest BCUT2D eigenvalue weighted by Gasteiger charge is 2.05. The maximum Gasteiger partial charge on any atom is 0.0733 e. The third kappa shape index (κ3) is 1.76. The molecule has 1 aromatic heterocycles. The van der Waals surface area contributed by atoms with E-state index in [1.807, 2.05) is 0 Å². The Labute approximate surface area is 99.3 Å². The Morgan fingerprint density at radius 3 is 2.71 bits per heavy atom. The van der Waals surface area contributed by atoms with E-state index < -0.39 is 0 Å². The van der Waals surface area contributed by atoms with Crippen LogP contribution in [0, 0.1) is 0 Å². The topological polar surface area (TPSA) is 54.7 Å². The van der Waals surface area contributed by atoms with Gasteiger partial charge in [-0.3, -0.25) is 5.10 Å². The number of aromatic amines is 1. The first-order valence-electron chi connectivity index (χ1n) is 5.59. The highest BCUT2D eigenvalue weighted by Crippen LogP contribution is 2.22. The van der Waals surface area contributed by atoms with Gasteiger partial charge in [0.2, 0.25) is 0 Å². The van der Waals surface area contributed by atoms with Crippen LogP contribution in [0.15, 0.2) is 48.7 Å². The molecular weight excluding hydrogens is 210 g/mol. The monoisotopic (exact) mass is 223 g/mol. The largest absolute Gasteiger partial charge is 0.396 e. The van der Waals surface area contributed by atoms with Crippen molar-refractivity contribution in [3.8, 4) is 0 Å². The first-order chi connectivity index (χ1) is 8.34. The molecule has 0 saturated heterocycles. The molecule has 0 saturated carbocycles. The Morgan fingerprint density at radius 1 is 1.06 bits per heavy atom. The fourth-order valence-electron chi connectivity index (χ4n) is 2.10. The summed E-state index contributed by atoms with van der Waals surface area (Å²) in [4.78, 5) is 0. The van der Waals surface area contributed by atoms with Gasteiger partial charge in [0.1, 0.15) is 0 Å². The van der Waals surface area contributed by atoms with Crippen molar-refractivity contribution < 1.29 is 0 Å². The van der Waals surface area contributed by atoms with Crippen LogP contribution in [0.5, 0.6) is 0 Å². The summed E-state index contributed by atoms with van der Waals surface area (Å²) in [5.74, 6) is 0. The SMILES string of the molecule is Nc1cn[nH]c1Cc1cccc2ccccc12. The maximum absolute atomic E-state index is 5.84. The van der Waals surface area contributed by atoms with Crippen LogP contribution in [0.1, 0.15) is 11.3 Å². The standard InChI is InChI=1S/C14H13N3/c15-13-9-16-17-14(13)8-11-6-3-5-10-4-1-2-7-12(10)11/h1-7,9H,8,15H2,(H,16,17). The molecule has 0 aliphatic carbocycles. The molecule has 84 valence electrons. The molecule has 3 heteroatoms. The van der Waals surface area contributed by atoms with Crippen LogP contribution < -0.4 is 5.73 Å². The van der Waals surface area contributed by atoms with Crippen LogP contribution in [-0.2, 0) is 6.42 Å². The lowest BCUT2D eigenvalue weighted by atomic mass is 10.0. The van der Waals surface area contributed by atoms with Gasteiger partial charge in [0.15, 0.2) is 0 Å². The lowest BCUT2D eigenvalue weighted by Gasteiger charge is -2.05. The third-order valence-corrected chi connectivity index (χ3v) is 3.00. The van der Waals surface area contributed by atoms with Gasteiger partial charge >= 0.3 is 0 Å². The van der Waals surface area contributed by atoms with Gasteiger partial charge in [0.25, 0.3) is 0 Å². The molecule has 17 heavy (non-hydrogen) atoms. The summed E-state index contributed by atoms with van der Waals surface area (Å²) in [5, 5.41) is 9.41. The van der Waals surface area contributed by atoms with E-state index >= 15 is 0 Å². The van der Waals surface area contributed by atoms with Crippen molar-refractivity contribution in [2.45, 2.75) is 6.42 Å². The molecule has 3 rings (SSSR count). The smallest absolute Gasteiger partial charge is 0.0733 e. The number of nitrogens with two attached hydrogens (primary N) is 1. The fourth-order valence-corrected chi connectivity index (χ4v) is 2.10. The number of H-pyrrole nitrogens is 1. The Morgan fingerprint density at radius 2 is 1.88 bits per heavy atom. The van der Waals surface area contributed by atoms with Crippen LogP contribution in [0.4, 0.5) is 5.69 Å². The normalized spacial score (nSPS) is 10.8. The van der Waals surface area contributed by atoms with Crippen LogP contribution in [0.2, 0.25) is 0 Å². The van der Waals surface area contributed by atoms with Crippen molar-refractivity contribution in [3.63, 3.8) is 0 Å². The van der Waals surface area contributed by atoms with Crippen LogP contribution >= 0.6 is 0 Å². The van der Waals surface area contributed by atoms with Crippen LogP contribution in [0.3, 0.4) is 0 Å². The van der Waals surface area contributed by atoms with Crippen molar-refractivity contribution in [1.82, 2.24) is 10.2 Å². The second kappa shape index (κ2) is 3.94. The lowest BCUT2D eigenvalue weighted by Crippen LogP contribution is -1.94. The Kier molecular flexibility index (Phi) is 2.29. The first kappa shape index (κ1) is 9.90. The van der Waals surface area contributed by atoms with Crippen LogP contribution in [-0.4, -0.2) is 10.2 Å². The zero-order valence-electron chi connectivity index (χ0n) is 9.35. The van der Waals surface area contributed by atoms with Crippen LogP contribution in [0.25, 0.3) is 10.8 Å². The average molecular weight is 223 g/mol. The van der Waals surface area contributed by atoms with Crippen molar-refractivity contribution in [2.75, 3.05) is 5.73 Å². The number of rotatable bonds is 2. The second-order valence-corrected chi connectivity index (χ2v) is 4.12. The molecule has 0 unspecified atom stereocenters. The summed E-state index contributed by atoms with van der Waals surface area (Å²) in [7, 11) is 0. The molecule has 3 N–H and O–H groups in total. The molecule has 0 aliphatic heterocycles. The molecule has 0 aliphatic rings. The molecule has 0 spiro atoms. The molecule has 2 aromatic carbocycles. The van der Waals surface area contributed by atoms with Gasteiger partial charge < -0.3 is 5.73 Å². The Balaban J connectivity index is 2.09. The van der Waals surface area contributed by atoms with Gasteiger partial charge in [-0.1, -0.05) is 42.5 Å². The van der Waals surface area contributed by atoms with Crippen molar-refractivity contribution in [2.24, 2.45) is 0 Å². The molecule has 0 amide bonds. The molecule has 1 heterocycles. The Hall–Kier alpha value is -2.29. The molecule has 0 fully saturated rings. The van der Waals surface area contributed by atoms with Crippen molar-refractivity contribution >= 4 is 16.5 Å². The summed E-state index contributed by atoms with van der Waals surface area (Å²) < 4.78 is 0. The van der Waals surface area contributed by atoms with Gasteiger partial charge in [-0.25, -0.2) is 0 Å². The summed E-state index contributed by atoms with van der Waals surface area (Å²) in [6.07, 6.45) is 2.44. The zero-order valence-corrected chi connectivity index (χ0v) is 9.35. The number of aromatic nitrogens is 2. The number of anilines is 1. The third-order valence-electron chi connectivity index (χ3n) is 3.00. The van der Waals surface area contributed by atoms with E-state index in [1.54, 1.807) is 6.20 Å². The van der Waals surface area contributed by atoms with E-state index in [4.69, 9.17) is 5.73 Å². The predicted molar refractivity (Wildman–Crippen MR) is 69.8 cm³/mol. The number of nitrogens with one attached hydrogen (secondary N) is 1. The maximum atomic E-state index is 5.84. The lowest BCUT2D eigenvalue weighted by molar-refractivity contribution is 1.00. The van der Waals surface area contributed by atoms with Crippen molar-refractivity contribution in [3.05, 3.63) is 59.9 Å². The van der Waals surface area contributed by atoms with Gasteiger partial charge in [-0.2, -0.15) is 5.10 Å². The minimum absolute atomic E-state index is 0.720. The van der Waals surface area contributed by atoms with Gasteiger partial charge in [0, 0.05) is 6.42 Å². The zero-order chi connectivity index (χ0) is 11.7. The summed E-state index contributed by atoms with van der Waals surface area (Å²) in [6, 6.07) is 14.7. The molecular formula is C14H13N3. The number of hydrogen-bond donors (Lipinski definition) is 2. The van der Waals surface area contributed by atoms with Gasteiger partial charge in [-0.15, -0.1) is 0 Å². The van der Waals surface area contributed by atoms with E-state index in [-0.39, 0.29) is 0 Å². The van der Waals surface area contributed by atoms with Crippen molar-refractivity contribution in [1.29, 1.82) is 0 Å². The summed E-state index contributed by atoms with van der Waals surface area (Å²) in [6.45, 7) is 0. The number of benzene rings is 2. The molecule has 3 nitrogen and oxygen atoms in total. The van der Waals surface area contributed by atoms with E-state index in [9.17, 15) is 0 Å². The Bertz CT molecular complexity index is 650. The molecule has 0 atom stereocenters. The molecule has 0 radical (unpaired) electrons. The molecule has 0 bridgehead atoms. The average Bonchev–Trinajstić information content (AvgIpc) is 2.76. The van der Waals surface area contributed by atoms with E-state index in [0.717, 1.165) is 17.8 Å². The van der Waals surface area contributed by atoms with Gasteiger partial charge in [-0.05, 0) is 16.3 Å². The van der Waals surface area contributed by atoms with E-state index in [2.05, 4.69) is 52.7 Å². The quantitative estimate of drug-likeness (QED) is 0.701. The second-order valence-electron chi connectivity index (χ2n) is 4.12. The number of fused-ring (bicyclic) bond motifs is 1. The number of nitrogen functional groups attached to an aromatic ring is 1. The molecule has 3 aromatic rings. The fraction of sp³-hybridized carbons (Fsp3) is 0.0714. The number of hydrogen-bond acceptors (Lipinski definition) is 2. The predicted octanol–water partition coefficient (Wildman–Crippen LogP) is 2.74. The van der Waals surface area contributed by atoms with E-state index in [0.29, 0.717) is 0 Å². The summed E-state index contributed by atoms with van der Waals surface area (Å²) in [5.41, 5.74) is 8.80. The minimum atomic E-state index is 0.720. The highest BCUT2D eigenvalue weighted by atomic mass is 15.1. The van der Waals surface area contributed by atoms with Gasteiger partial charge in [0.05, 0.1) is 17.6 Å².